The monoisotopic (exact) mass is 347 g/mol. The third kappa shape index (κ3) is 3.46. The quantitative estimate of drug-likeness (QED) is 0.714. The Morgan fingerprint density at radius 2 is 2.21 bits per heavy atom. The second-order valence-corrected chi connectivity index (χ2v) is 6.32. The molecule has 3 rings (SSSR count). The van der Waals surface area contributed by atoms with Crippen molar-refractivity contribution in [3.8, 4) is 5.69 Å². The average molecular weight is 347 g/mol. The molecule has 2 aromatic heterocycles. The zero-order valence-corrected chi connectivity index (χ0v) is 13.7. The maximum atomic E-state index is 13.9. The van der Waals surface area contributed by atoms with Crippen molar-refractivity contribution in [1.82, 2.24) is 19.9 Å². The predicted molar refractivity (Wildman–Crippen MR) is 86.5 cm³/mol. The van der Waals surface area contributed by atoms with E-state index in [-0.39, 0.29) is 5.91 Å². The number of thioether (sulfide) groups is 1. The molecule has 0 aliphatic rings. The van der Waals surface area contributed by atoms with E-state index in [9.17, 15) is 9.18 Å². The molecule has 0 bridgehead atoms. The number of halogens is 1. The molecule has 24 heavy (non-hydrogen) atoms. The van der Waals surface area contributed by atoms with E-state index < -0.39 is 11.1 Å². The number of anilines is 1. The minimum atomic E-state index is -0.489. The Labute approximate surface area is 141 Å². The molecular formula is C15H14FN5O2S. The van der Waals surface area contributed by atoms with E-state index in [0.29, 0.717) is 22.4 Å². The molecule has 1 N–H and O–H groups in total. The third-order valence-electron chi connectivity index (χ3n) is 3.16. The van der Waals surface area contributed by atoms with Crippen LogP contribution in [0.3, 0.4) is 0 Å². The smallest absolute Gasteiger partial charge is 0.238 e. The average Bonchev–Trinajstić information content (AvgIpc) is 3.17. The van der Waals surface area contributed by atoms with Crippen molar-refractivity contribution in [3.05, 3.63) is 48.2 Å². The Hall–Kier alpha value is -2.68. The highest BCUT2D eigenvalue weighted by molar-refractivity contribution is 8.00. The summed E-state index contributed by atoms with van der Waals surface area (Å²) >= 11 is 1.17. The molecule has 1 aromatic carbocycles. The number of amides is 1. The van der Waals surface area contributed by atoms with Crippen molar-refractivity contribution in [2.45, 2.75) is 24.3 Å². The van der Waals surface area contributed by atoms with E-state index in [1.165, 1.54) is 28.7 Å². The standard InChI is InChI=1S/C15H14FN5O2S/c1-9-7-13(20-23-9)18-14(22)10(2)24-15-19-17-8-21(15)12-6-4-3-5-11(12)16/h3-8,10H,1-2H3,(H,18,20,22). The number of benzene rings is 1. The topological polar surface area (TPSA) is 85.8 Å². The van der Waals surface area contributed by atoms with E-state index in [2.05, 4.69) is 20.7 Å². The van der Waals surface area contributed by atoms with Crippen LogP contribution in [0.2, 0.25) is 0 Å². The van der Waals surface area contributed by atoms with E-state index >= 15 is 0 Å². The van der Waals surface area contributed by atoms with E-state index in [0.717, 1.165) is 0 Å². The van der Waals surface area contributed by atoms with Gasteiger partial charge in [-0.2, -0.15) is 0 Å². The first-order valence-electron chi connectivity index (χ1n) is 7.10. The van der Waals surface area contributed by atoms with Crippen LogP contribution < -0.4 is 5.32 Å². The van der Waals surface area contributed by atoms with Gasteiger partial charge in [0.1, 0.15) is 17.9 Å². The first-order chi connectivity index (χ1) is 11.5. The van der Waals surface area contributed by atoms with Gasteiger partial charge in [0.15, 0.2) is 11.0 Å². The van der Waals surface area contributed by atoms with Gasteiger partial charge in [0, 0.05) is 6.07 Å². The van der Waals surface area contributed by atoms with Crippen LogP contribution in [0.15, 0.2) is 46.3 Å². The first kappa shape index (κ1) is 16.2. The van der Waals surface area contributed by atoms with Gasteiger partial charge < -0.3 is 9.84 Å². The lowest BCUT2D eigenvalue weighted by atomic mass is 10.3. The highest BCUT2D eigenvalue weighted by atomic mass is 32.2. The summed E-state index contributed by atoms with van der Waals surface area (Å²) in [6, 6.07) is 7.91. The van der Waals surface area contributed by atoms with Crippen LogP contribution in [0.25, 0.3) is 5.69 Å². The van der Waals surface area contributed by atoms with Gasteiger partial charge in [-0.1, -0.05) is 29.1 Å². The summed E-state index contributed by atoms with van der Waals surface area (Å²) < 4.78 is 20.3. The summed E-state index contributed by atoms with van der Waals surface area (Å²) in [5.74, 6) is 0.288. The van der Waals surface area contributed by atoms with Gasteiger partial charge >= 0.3 is 0 Å². The summed E-state index contributed by atoms with van der Waals surface area (Å²) in [6.07, 6.45) is 1.41. The summed E-state index contributed by atoms with van der Waals surface area (Å²) in [6.45, 7) is 3.45. The lowest BCUT2D eigenvalue weighted by Crippen LogP contribution is -2.23. The van der Waals surface area contributed by atoms with E-state index in [1.54, 1.807) is 38.1 Å². The normalized spacial score (nSPS) is 12.1. The highest BCUT2D eigenvalue weighted by Gasteiger charge is 2.20. The molecule has 3 aromatic rings. The van der Waals surface area contributed by atoms with E-state index in [4.69, 9.17) is 4.52 Å². The van der Waals surface area contributed by atoms with Crippen LogP contribution in [-0.2, 0) is 4.79 Å². The second kappa shape index (κ2) is 6.83. The fourth-order valence-electron chi connectivity index (χ4n) is 1.98. The molecule has 0 aliphatic heterocycles. The lowest BCUT2D eigenvalue weighted by Gasteiger charge is -2.11. The predicted octanol–water partition coefficient (Wildman–Crippen LogP) is 2.82. The van der Waals surface area contributed by atoms with Crippen LogP contribution in [0.1, 0.15) is 12.7 Å². The molecule has 7 nitrogen and oxygen atoms in total. The van der Waals surface area contributed by atoms with E-state index in [1.807, 2.05) is 0 Å². The number of rotatable bonds is 5. The molecule has 0 aliphatic carbocycles. The Kier molecular flexibility index (Phi) is 4.61. The number of para-hydroxylation sites is 1. The Morgan fingerprint density at radius 1 is 1.42 bits per heavy atom. The number of hydrogen-bond acceptors (Lipinski definition) is 6. The first-order valence-corrected chi connectivity index (χ1v) is 7.98. The third-order valence-corrected chi connectivity index (χ3v) is 4.22. The molecule has 0 fully saturated rings. The van der Waals surface area contributed by atoms with Crippen molar-refractivity contribution >= 4 is 23.5 Å². The molecule has 0 saturated carbocycles. The fraction of sp³-hybridized carbons (Fsp3) is 0.200. The number of carbonyl (C=O) groups is 1. The number of aryl methyl sites for hydroxylation is 1. The minimum Gasteiger partial charge on any atom is -0.360 e. The molecular weight excluding hydrogens is 333 g/mol. The molecule has 2 heterocycles. The minimum absolute atomic E-state index is 0.267. The van der Waals surface area contributed by atoms with Crippen LogP contribution in [0.5, 0.6) is 0 Å². The Balaban J connectivity index is 1.73. The summed E-state index contributed by atoms with van der Waals surface area (Å²) in [7, 11) is 0. The van der Waals surface area contributed by atoms with Crippen LogP contribution in [-0.4, -0.2) is 31.1 Å². The summed E-state index contributed by atoms with van der Waals surface area (Å²) in [5.41, 5.74) is 0.324. The van der Waals surface area contributed by atoms with Crippen molar-refractivity contribution in [1.29, 1.82) is 0 Å². The maximum absolute atomic E-state index is 13.9. The second-order valence-electron chi connectivity index (χ2n) is 5.01. The van der Waals surface area contributed by atoms with Gasteiger partial charge in [-0.25, -0.2) is 4.39 Å². The maximum Gasteiger partial charge on any atom is 0.238 e. The van der Waals surface area contributed by atoms with Crippen LogP contribution in [0.4, 0.5) is 10.2 Å². The van der Waals surface area contributed by atoms with Gasteiger partial charge in [-0.15, -0.1) is 10.2 Å². The largest absolute Gasteiger partial charge is 0.360 e. The SMILES string of the molecule is Cc1cc(NC(=O)C(C)Sc2nncn2-c2ccccc2F)no1. The molecule has 1 unspecified atom stereocenters. The molecule has 1 atom stereocenters. The van der Waals surface area contributed by atoms with Crippen LogP contribution >= 0.6 is 11.8 Å². The van der Waals surface area contributed by atoms with Gasteiger partial charge in [-0.05, 0) is 26.0 Å². The van der Waals surface area contributed by atoms with Crippen molar-refractivity contribution in [3.63, 3.8) is 0 Å². The zero-order valence-electron chi connectivity index (χ0n) is 12.9. The molecule has 0 spiro atoms. The fourth-order valence-corrected chi connectivity index (χ4v) is 2.82. The van der Waals surface area contributed by atoms with Gasteiger partial charge in [-0.3, -0.25) is 9.36 Å². The number of nitrogens with zero attached hydrogens (tertiary/aromatic N) is 4. The molecule has 124 valence electrons. The van der Waals surface area contributed by atoms with Crippen molar-refractivity contribution < 1.29 is 13.7 Å². The highest BCUT2D eigenvalue weighted by Crippen LogP contribution is 2.25. The number of aromatic nitrogens is 4. The molecule has 1 amide bonds. The van der Waals surface area contributed by atoms with Crippen molar-refractivity contribution in [2.24, 2.45) is 0 Å². The number of carbonyl (C=O) groups excluding carboxylic acids is 1. The Bertz CT molecular complexity index is 863. The molecule has 9 heteroatoms. The summed E-state index contributed by atoms with van der Waals surface area (Å²) in [5, 5.41) is 14.1. The summed E-state index contributed by atoms with van der Waals surface area (Å²) in [4.78, 5) is 12.2. The number of nitrogens with one attached hydrogen (secondary N) is 1. The van der Waals surface area contributed by atoms with Gasteiger partial charge in [0.25, 0.3) is 0 Å². The van der Waals surface area contributed by atoms with Crippen LogP contribution in [0, 0.1) is 12.7 Å². The number of hydrogen-bond donors (Lipinski definition) is 1. The van der Waals surface area contributed by atoms with Gasteiger partial charge in [0.05, 0.1) is 10.9 Å². The lowest BCUT2D eigenvalue weighted by molar-refractivity contribution is -0.115. The zero-order chi connectivity index (χ0) is 17.1. The van der Waals surface area contributed by atoms with Gasteiger partial charge in [0.2, 0.25) is 5.91 Å². The molecule has 0 saturated heterocycles. The van der Waals surface area contributed by atoms with Crippen molar-refractivity contribution in [2.75, 3.05) is 5.32 Å². The Morgan fingerprint density at radius 3 is 2.92 bits per heavy atom. The molecule has 0 radical (unpaired) electrons.